The first-order valence-corrected chi connectivity index (χ1v) is 11.2. The Balaban J connectivity index is 1.26. The summed E-state index contributed by atoms with van der Waals surface area (Å²) in [6.07, 6.45) is 4.23. The maximum Gasteiger partial charge on any atom is 0.265 e. The Labute approximate surface area is 178 Å². The molecule has 1 saturated heterocycles. The quantitative estimate of drug-likeness (QED) is 0.649. The molecule has 0 atom stereocenters. The smallest absolute Gasteiger partial charge is 0.265 e. The maximum absolute atomic E-state index is 13.1. The molecule has 1 saturated carbocycles. The van der Waals surface area contributed by atoms with Gasteiger partial charge in [0.15, 0.2) is 5.82 Å². The number of thiazole rings is 1. The summed E-state index contributed by atoms with van der Waals surface area (Å²) >= 11 is 7.43. The Morgan fingerprint density at radius 2 is 1.83 bits per heavy atom. The van der Waals surface area contributed by atoms with Crippen LogP contribution in [-0.2, 0) is 0 Å². The molecular formula is C21H22ClN5OS. The third kappa shape index (κ3) is 3.81. The van der Waals surface area contributed by atoms with E-state index in [1.807, 2.05) is 36.1 Å². The van der Waals surface area contributed by atoms with Gasteiger partial charge >= 0.3 is 0 Å². The predicted octanol–water partition coefficient (Wildman–Crippen LogP) is 4.79. The van der Waals surface area contributed by atoms with Crippen LogP contribution in [-0.4, -0.2) is 44.1 Å². The Bertz CT molecular complexity index is 1030. The highest BCUT2D eigenvalue weighted by atomic mass is 35.5. The number of carbonyl (C=O) groups excluding carboxylic acids is 1. The van der Waals surface area contributed by atoms with Crippen molar-refractivity contribution in [3.05, 3.63) is 51.5 Å². The number of halogens is 1. The third-order valence-corrected chi connectivity index (χ3v) is 7.16. The molecule has 1 N–H and O–H groups in total. The van der Waals surface area contributed by atoms with Gasteiger partial charge in [-0.3, -0.25) is 9.89 Å². The second-order valence-corrected chi connectivity index (χ2v) is 9.30. The number of hydrogen-bond donors (Lipinski definition) is 1. The van der Waals surface area contributed by atoms with E-state index in [2.05, 4.69) is 15.2 Å². The third-order valence-electron chi connectivity index (χ3n) is 5.71. The van der Waals surface area contributed by atoms with Crippen LogP contribution in [0.3, 0.4) is 0 Å². The van der Waals surface area contributed by atoms with Crippen molar-refractivity contribution in [1.29, 1.82) is 0 Å². The van der Waals surface area contributed by atoms with Gasteiger partial charge in [-0.2, -0.15) is 5.10 Å². The van der Waals surface area contributed by atoms with E-state index in [-0.39, 0.29) is 5.91 Å². The summed E-state index contributed by atoms with van der Waals surface area (Å²) < 4.78 is 0. The molecule has 3 heterocycles. The summed E-state index contributed by atoms with van der Waals surface area (Å²) in [5.41, 5.74) is 1.77. The van der Waals surface area contributed by atoms with Crippen LogP contribution >= 0.6 is 22.9 Å². The largest absolute Gasteiger partial charge is 0.338 e. The van der Waals surface area contributed by atoms with Gasteiger partial charge in [-0.1, -0.05) is 23.7 Å². The van der Waals surface area contributed by atoms with Crippen molar-refractivity contribution in [2.45, 2.75) is 44.4 Å². The fourth-order valence-electron chi connectivity index (χ4n) is 3.81. The van der Waals surface area contributed by atoms with Gasteiger partial charge in [0.1, 0.15) is 15.7 Å². The molecule has 1 aliphatic carbocycles. The lowest BCUT2D eigenvalue weighted by molar-refractivity contribution is 0.0715. The summed E-state index contributed by atoms with van der Waals surface area (Å²) in [6, 6.07) is 7.57. The lowest BCUT2D eigenvalue weighted by atomic mass is 9.96. The SMILES string of the molecule is Cc1nc(-c2ccc(Cl)cc2)sc1C(=O)N1CCC(c2nc(C3CC3)n[nH]2)CC1. The van der Waals surface area contributed by atoms with Crippen molar-refractivity contribution in [3.63, 3.8) is 0 Å². The van der Waals surface area contributed by atoms with Crippen LogP contribution in [0.2, 0.25) is 5.02 Å². The van der Waals surface area contributed by atoms with E-state index in [4.69, 9.17) is 16.6 Å². The number of benzene rings is 1. The number of likely N-dealkylation sites (tertiary alicyclic amines) is 1. The molecule has 2 aromatic heterocycles. The minimum absolute atomic E-state index is 0.0786. The van der Waals surface area contributed by atoms with E-state index in [9.17, 15) is 4.79 Å². The first kappa shape index (κ1) is 18.8. The van der Waals surface area contributed by atoms with E-state index in [0.717, 1.165) is 58.7 Å². The molecule has 0 spiro atoms. The number of nitrogens with zero attached hydrogens (tertiary/aromatic N) is 4. The first-order valence-electron chi connectivity index (χ1n) is 10.0. The van der Waals surface area contributed by atoms with Crippen molar-refractivity contribution in [1.82, 2.24) is 25.1 Å². The number of piperidine rings is 1. The van der Waals surface area contributed by atoms with Crippen molar-refractivity contribution >= 4 is 28.8 Å². The minimum Gasteiger partial charge on any atom is -0.338 e. The van der Waals surface area contributed by atoms with E-state index in [1.54, 1.807) is 0 Å². The second kappa shape index (κ2) is 7.54. The zero-order valence-corrected chi connectivity index (χ0v) is 17.8. The van der Waals surface area contributed by atoms with Crippen LogP contribution in [0.5, 0.6) is 0 Å². The lowest BCUT2D eigenvalue weighted by Crippen LogP contribution is -2.38. The van der Waals surface area contributed by atoms with E-state index < -0.39 is 0 Å². The van der Waals surface area contributed by atoms with Crippen LogP contribution in [0.4, 0.5) is 0 Å². The second-order valence-electron chi connectivity index (χ2n) is 7.86. The molecule has 150 valence electrons. The number of H-pyrrole nitrogens is 1. The standard InChI is InChI=1S/C21H22ClN5OS/c1-12-17(29-20(23-12)15-4-6-16(22)7-5-15)21(28)27-10-8-14(9-11-27)19-24-18(25-26-19)13-2-3-13/h4-7,13-14H,2-3,8-11H2,1H3,(H,24,25,26). The van der Waals surface area contributed by atoms with Gasteiger partial charge < -0.3 is 4.90 Å². The van der Waals surface area contributed by atoms with Crippen molar-refractivity contribution in [2.75, 3.05) is 13.1 Å². The molecule has 1 aromatic carbocycles. The summed E-state index contributed by atoms with van der Waals surface area (Å²) in [6.45, 7) is 3.37. The Hall–Kier alpha value is -2.25. The molecule has 8 heteroatoms. The van der Waals surface area contributed by atoms with Gasteiger partial charge in [-0.15, -0.1) is 11.3 Å². The normalized spacial score (nSPS) is 17.7. The van der Waals surface area contributed by atoms with Gasteiger partial charge in [0.2, 0.25) is 0 Å². The first-order chi connectivity index (χ1) is 14.1. The van der Waals surface area contributed by atoms with Gasteiger partial charge in [-0.25, -0.2) is 9.97 Å². The molecule has 0 radical (unpaired) electrons. The molecule has 6 nitrogen and oxygen atoms in total. The van der Waals surface area contributed by atoms with Gasteiger partial charge in [0.05, 0.1) is 5.69 Å². The van der Waals surface area contributed by atoms with Crippen molar-refractivity contribution in [3.8, 4) is 10.6 Å². The van der Waals surface area contributed by atoms with E-state index in [0.29, 0.717) is 16.9 Å². The van der Waals surface area contributed by atoms with E-state index in [1.165, 1.54) is 24.2 Å². The zero-order chi connectivity index (χ0) is 20.0. The zero-order valence-electron chi connectivity index (χ0n) is 16.2. The highest BCUT2D eigenvalue weighted by molar-refractivity contribution is 7.17. The van der Waals surface area contributed by atoms with Gasteiger partial charge in [0.25, 0.3) is 5.91 Å². The maximum atomic E-state index is 13.1. The van der Waals surface area contributed by atoms with Gasteiger partial charge in [-0.05, 0) is 44.7 Å². The summed E-state index contributed by atoms with van der Waals surface area (Å²) in [4.78, 5) is 25.1. The average molecular weight is 428 g/mol. The number of hydrogen-bond acceptors (Lipinski definition) is 5. The molecule has 1 amide bonds. The van der Waals surface area contributed by atoms with Crippen LogP contribution in [0.25, 0.3) is 10.6 Å². The number of aryl methyl sites for hydroxylation is 1. The highest BCUT2D eigenvalue weighted by Gasteiger charge is 2.31. The number of nitrogens with one attached hydrogen (secondary N) is 1. The fourth-order valence-corrected chi connectivity index (χ4v) is 4.97. The predicted molar refractivity (Wildman–Crippen MR) is 114 cm³/mol. The average Bonchev–Trinajstić information content (AvgIpc) is 3.34. The number of carbonyl (C=O) groups is 1. The van der Waals surface area contributed by atoms with Crippen LogP contribution in [0.15, 0.2) is 24.3 Å². The van der Waals surface area contributed by atoms with Crippen LogP contribution < -0.4 is 0 Å². The molecule has 2 aliphatic rings. The molecular weight excluding hydrogens is 406 g/mol. The molecule has 0 unspecified atom stereocenters. The fraction of sp³-hybridized carbons (Fsp3) is 0.429. The monoisotopic (exact) mass is 427 g/mol. The number of amides is 1. The Morgan fingerprint density at radius 1 is 1.10 bits per heavy atom. The number of aromatic nitrogens is 4. The Kier molecular flexibility index (Phi) is 4.87. The topological polar surface area (TPSA) is 74.8 Å². The molecule has 2 fully saturated rings. The van der Waals surface area contributed by atoms with Crippen molar-refractivity contribution < 1.29 is 4.79 Å². The Morgan fingerprint density at radius 3 is 2.52 bits per heavy atom. The lowest BCUT2D eigenvalue weighted by Gasteiger charge is -2.30. The van der Waals surface area contributed by atoms with Crippen LogP contribution in [0, 0.1) is 6.92 Å². The molecule has 29 heavy (non-hydrogen) atoms. The molecule has 0 bridgehead atoms. The van der Waals surface area contributed by atoms with Gasteiger partial charge in [0, 0.05) is 35.5 Å². The van der Waals surface area contributed by atoms with E-state index >= 15 is 0 Å². The van der Waals surface area contributed by atoms with Crippen molar-refractivity contribution in [2.24, 2.45) is 0 Å². The summed E-state index contributed by atoms with van der Waals surface area (Å²) in [7, 11) is 0. The molecule has 1 aliphatic heterocycles. The summed E-state index contributed by atoms with van der Waals surface area (Å²) in [5.74, 6) is 2.94. The molecule has 3 aromatic rings. The number of aromatic amines is 1. The summed E-state index contributed by atoms with van der Waals surface area (Å²) in [5, 5.41) is 9.04. The number of rotatable bonds is 4. The minimum atomic E-state index is 0.0786. The molecule has 5 rings (SSSR count). The van der Waals surface area contributed by atoms with Crippen LogP contribution in [0.1, 0.15) is 64.5 Å². The highest BCUT2D eigenvalue weighted by Crippen LogP contribution is 2.39.